The minimum Gasteiger partial charge on any atom is -0.383 e. The molecule has 20 heavy (non-hydrogen) atoms. The van der Waals surface area contributed by atoms with Crippen LogP contribution in [0.2, 0.25) is 0 Å². The second kappa shape index (κ2) is 4.27. The third-order valence-electron chi connectivity index (χ3n) is 2.95. The zero-order valence-electron chi connectivity index (χ0n) is 10.5. The van der Waals surface area contributed by atoms with Gasteiger partial charge in [-0.1, -0.05) is 12.1 Å². The summed E-state index contributed by atoms with van der Waals surface area (Å²) in [6, 6.07) is 6.46. The topological polar surface area (TPSA) is 115 Å². The molecule has 2 heterocycles. The molecular weight excluding hydrogens is 278 g/mol. The van der Waals surface area contributed by atoms with E-state index in [9.17, 15) is 8.42 Å². The van der Waals surface area contributed by atoms with Gasteiger partial charge in [-0.3, -0.25) is 5.10 Å². The van der Waals surface area contributed by atoms with Crippen LogP contribution in [0.5, 0.6) is 0 Å². The van der Waals surface area contributed by atoms with E-state index in [1.54, 1.807) is 12.1 Å². The Labute approximate surface area is 114 Å². The predicted molar refractivity (Wildman–Crippen MR) is 74.6 cm³/mol. The van der Waals surface area contributed by atoms with Crippen LogP contribution >= 0.6 is 0 Å². The molecule has 7 nitrogen and oxygen atoms in total. The van der Waals surface area contributed by atoms with Crippen molar-refractivity contribution < 1.29 is 8.42 Å². The molecule has 102 valence electrons. The number of sulfone groups is 1. The van der Waals surface area contributed by atoms with Crippen molar-refractivity contribution in [2.75, 3.05) is 12.0 Å². The zero-order valence-corrected chi connectivity index (χ0v) is 11.3. The van der Waals surface area contributed by atoms with Crippen LogP contribution in [0.15, 0.2) is 35.5 Å². The van der Waals surface area contributed by atoms with Crippen molar-refractivity contribution >= 4 is 26.7 Å². The van der Waals surface area contributed by atoms with Crippen molar-refractivity contribution in [1.82, 2.24) is 20.2 Å². The molecule has 0 aliphatic rings. The van der Waals surface area contributed by atoms with E-state index in [1.165, 1.54) is 24.7 Å². The van der Waals surface area contributed by atoms with Crippen LogP contribution in [0.25, 0.3) is 22.3 Å². The van der Waals surface area contributed by atoms with E-state index < -0.39 is 9.84 Å². The first kappa shape index (κ1) is 12.5. The minimum absolute atomic E-state index is 0.259. The number of benzene rings is 1. The van der Waals surface area contributed by atoms with E-state index in [1.807, 2.05) is 0 Å². The summed E-state index contributed by atoms with van der Waals surface area (Å²) in [6.45, 7) is 0. The normalized spacial score (nSPS) is 11.8. The van der Waals surface area contributed by atoms with Gasteiger partial charge in [-0.15, -0.1) is 0 Å². The van der Waals surface area contributed by atoms with E-state index in [-0.39, 0.29) is 4.90 Å². The van der Waals surface area contributed by atoms with Crippen LogP contribution in [-0.4, -0.2) is 34.8 Å². The highest BCUT2D eigenvalue weighted by molar-refractivity contribution is 7.90. The van der Waals surface area contributed by atoms with Gasteiger partial charge in [0, 0.05) is 11.8 Å². The van der Waals surface area contributed by atoms with Crippen molar-refractivity contribution in [3.05, 3.63) is 30.6 Å². The molecule has 8 heteroatoms. The average Bonchev–Trinajstić information content (AvgIpc) is 2.83. The van der Waals surface area contributed by atoms with Gasteiger partial charge < -0.3 is 5.73 Å². The lowest BCUT2D eigenvalue weighted by atomic mass is 10.1. The Morgan fingerprint density at radius 2 is 1.85 bits per heavy atom. The SMILES string of the molecule is CS(=O)(=O)c1ccc(-c2[nH]nc3ncnc(N)c23)cc1. The molecule has 3 N–H and O–H groups in total. The molecule has 2 aromatic heterocycles. The van der Waals surface area contributed by atoms with Crippen molar-refractivity contribution in [1.29, 1.82) is 0 Å². The highest BCUT2D eigenvalue weighted by Crippen LogP contribution is 2.28. The summed E-state index contributed by atoms with van der Waals surface area (Å²) in [5, 5.41) is 7.52. The summed E-state index contributed by atoms with van der Waals surface area (Å²) in [5.74, 6) is 0.325. The first-order valence-electron chi connectivity index (χ1n) is 5.72. The van der Waals surface area contributed by atoms with Gasteiger partial charge in [0.05, 0.1) is 16.0 Å². The van der Waals surface area contributed by atoms with Crippen LogP contribution < -0.4 is 5.73 Å². The van der Waals surface area contributed by atoms with Gasteiger partial charge in [0.25, 0.3) is 0 Å². The van der Waals surface area contributed by atoms with E-state index in [0.29, 0.717) is 22.5 Å². The molecule has 0 unspecified atom stereocenters. The molecule has 0 saturated carbocycles. The van der Waals surface area contributed by atoms with E-state index in [0.717, 1.165) is 5.56 Å². The fourth-order valence-electron chi connectivity index (χ4n) is 1.96. The lowest BCUT2D eigenvalue weighted by molar-refractivity contribution is 0.602. The molecule has 0 atom stereocenters. The fourth-order valence-corrected chi connectivity index (χ4v) is 2.59. The number of nitrogens with zero attached hydrogens (tertiary/aromatic N) is 3. The van der Waals surface area contributed by atoms with Gasteiger partial charge in [-0.05, 0) is 12.1 Å². The highest BCUT2D eigenvalue weighted by atomic mass is 32.2. The van der Waals surface area contributed by atoms with Crippen LogP contribution in [0.1, 0.15) is 0 Å². The molecule has 0 radical (unpaired) electrons. The summed E-state index contributed by atoms with van der Waals surface area (Å²) in [4.78, 5) is 8.21. The van der Waals surface area contributed by atoms with Gasteiger partial charge >= 0.3 is 0 Å². The van der Waals surface area contributed by atoms with Crippen molar-refractivity contribution in [2.45, 2.75) is 4.90 Å². The number of nitrogen functional groups attached to an aromatic ring is 1. The molecule has 0 aliphatic heterocycles. The van der Waals surface area contributed by atoms with Crippen LogP contribution in [-0.2, 0) is 9.84 Å². The summed E-state index contributed by atoms with van der Waals surface area (Å²) in [7, 11) is -3.21. The zero-order chi connectivity index (χ0) is 14.3. The molecule has 0 bridgehead atoms. The Bertz CT molecular complexity index is 884. The standard InChI is InChI=1S/C12H11N5O2S/c1-20(18,19)8-4-2-7(3-5-8)10-9-11(13)14-6-15-12(9)17-16-10/h2-6H,1H3,(H3,13,14,15,16,17). The summed E-state index contributed by atoms with van der Waals surface area (Å²) < 4.78 is 22.9. The maximum absolute atomic E-state index is 11.4. The Balaban J connectivity index is 2.17. The van der Waals surface area contributed by atoms with Gasteiger partial charge in [0.15, 0.2) is 15.5 Å². The monoisotopic (exact) mass is 289 g/mol. The Kier molecular flexibility index (Phi) is 2.68. The second-order valence-electron chi connectivity index (χ2n) is 4.35. The minimum atomic E-state index is -3.21. The number of hydrogen-bond donors (Lipinski definition) is 2. The average molecular weight is 289 g/mol. The first-order valence-corrected chi connectivity index (χ1v) is 7.61. The highest BCUT2D eigenvalue weighted by Gasteiger charge is 2.13. The van der Waals surface area contributed by atoms with E-state index in [2.05, 4.69) is 20.2 Å². The molecule has 0 saturated heterocycles. The fraction of sp³-hybridized carbons (Fsp3) is 0.0833. The number of nitrogens with one attached hydrogen (secondary N) is 1. The van der Waals surface area contributed by atoms with Gasteiger partial charge in [-0.25, -0.2) is 18.4 Å². The smallest absolute Gasteiger partial charge is 0.186 e. The number of anilines is 1. The van der Waals surface area contributed by atoms with Crippen LogP contribution in [0.4, 0.5) is 5.82 Å². The number of hydrogen-bond acceptors (Lipinski definition) is 6. The van der Waals surface area contributed by atoms with Crippen LogP contribution in [0, 0.1) is 0 Å². The third-order valence-corrected chi connectivity index (χ3v) is 4.08. The maximum atomic E-state index is 11.4. The first-order chi connectivity index (χ1) is 9.47. The summed E-state index contributed by atoms with van der Waals surface area (Å²) in [6.07, 6.45) is 2.51. The number of H-pyrrole nitrogens is 1. The summed E-state index contributed by atoms with van der Waals surface area (Å²) >= 11 is 0. The van der Waals surface area contributed by atoms with Crippen molar-refractivity contribution in [3.63, 3.8) is 0 Å². The number of aromatic amines is 1. The van der Waals surface area contributed by atoms with Crippen LogP contribution in [0.3, 0.4) is 0 Å². The van der Waals surface area contributed by atoms with Gasteiger partial charge in [0.2, 0.25) is 0 Å². The Morgan fingerprint density at radius 3 is 2.50 bits per heavy atom. The molecule has 0 aliphatic carbocycles. The number of aromatic nitrogens is 4. The molecule has 0 fully saturated rings. The third kappa shape index (κ3) is 1.99. The largest absolute Gasteiger partial charge is 0.383 e. The molecule has 3 aromatic rings. The quantitative estimate of drug-likeness (QED) is 0.727. The molecular formula is C12H11N5O2S. The second-order valence-corrected chi connectivity index (χ2v) is 6.37. The number of nitrogens with two attached hydrogens (primary N) is 1. The summed E-state index contributed by atoms with van der Waals surface area (Å²) in [5.41, 5.74) is 7.73. The Hall–Kier alpha value is -2.48. The molecule has 1 aromatic carbocycles. The molecule has 0 amide bonds. The molecule has 3 rings (SSSR count). The number of fused-ring (bicyclic) bond motifs is 1. The van der Waals surface area contributed by atoms with Gasteiger partial charge in [0.1, 0.15) is 12.1 Å². The Morgan fingerprint density at radius 1 is 1.15 bits per heavy atom. The van der Waals surface area contributed by atoms with Crippen molar-refractivity contribution in [2.24, 2.45) is 0 Å². The predicted octanol–water partition coefficient (Wildman–Crippen LogP) is 1.01. The van der Waals surface area contributed by atoms with E-state index in [4.69, 9.17) is 5.73 Å². The van der Waals surface area contributed by atoms with Gasteiger partial charge in [-0.2, -0.15) is 5.10 Å². The molecule has 0 spiro atoms. The lowest BCUT2D eigenvalue weighted by Crippen LogP contribution is -1.96. The maximum Gasteiger partial charge on any atom is 0.186 e. The van der Waals surface area contributed by atoms with Crippen molar-refractivity contribution in [3.8, 4) is 11.3 Å². The number of rotatable bonds is 2. The van der Waals surface area contributed by atoms with E-state index >= 15 is 0 Å². The lowest BCUT2D eigenvalue weighted by Gasteiger charge is -2.02.